The molecular weight excluding hydrogens is 458 g/mol. The maximum Gasteiger partial charge on any atom is 0.422 e. The van der Waals surface area contributed by atoms with E-state index < -0.39 is 12.8 Å². The van der Waals surface area contributed by atoms with Crippen molar-refractivity contribution in [2.75, 3.05) is 11.9 Å². The molecule has 0 aliphatic rings. The third-order valence-electron chi connectivity index (χ3n) is 3.39. The number of aliphatic imine (C=N–C) groups is 1. The predicted molar refractivity (Wildman–Crippen MR) is 108 cm³/mol. The van der Waals surface area contributed by atoms with Crippen LogP contribution in [0.4, 0.5) is 18.9 Å². The van der Waals surface area contributed by atoms with E-state index >= 15 is 0 Å². The number of benzene rings is 2. The fourth-order valence-electron chi connectivity index (χ4n) is 2.16. The van der Waals surface area contributed by atoms with Crippen LogP contribution in [0.5, 0.6) is 5.75 Å². The van der Waals surface area contributed by atoms with Gasteiger partial charge in [0.25, 0.3) is 0 Å². The molecule has 0 spiro atoms. The number of rotatable bonds is 6. The molecule has 0 fully saturated rings. The van der Waals surface area contributed by atoms with Gasteiger partial charge in [-0.25, -0.2) is 4.99 Å². The van der Waals surface area contributed by atoms with Gasteiger partial charge in [-0.1, -0.05) is 37.3 Å². The van der Waals surface area contributed by atoms with Crippen LogP contribution in [0.3, 0.4) is 0 Å². The molecule has 0 amide bonds. The minimum absolute atomic E-state index is 0. The molecule has 8 heteroatoms. The lowest BCUT2D eigenvalue weighted by atomic mass is 10.1. The number of halogens is 4. The largest absolute Gasteiger partial charge is 0.484 e. The number of hydrogen-bond donors (Lipinski definition) is 2. The maximum absolute atomic E-state index is 12.3. The Morgan fingerprint density at radius 3 is 2.58 bits per heavy atom. The van der Waals surface area contributed by atoms with E-state index in [0.717, 1.165) is 17.7 Å². The van der Waals surface area contributed by atoms with Crippen LogP contribution in [0.15, 0.2) is 53.5 Å². The zero-order valence-electron chi connectivity index (χ0n) is 14.2. The van der Waals surface area contributed by atoms with Gasteiger partial charge in [0.1, 0.15) is 5.75 Å². The number of guanidine groups is 1. The molecule has 3 N–H and O–H groups in total. The molecule has 0 aliphatic carbocycles. The van der Waals surface area contributed by atoms with E-state index in [1.54, 1.807) is 18.2 Å². The van der Waals surface area contributed by atoms with Crippen LogP contribution in [-0.4, -0.2) is 18.7 Å². The van der Waals surface area contributed by atoms with E-state index in [1.165, 1.54) is 6.07 Å². The van der Waals surface area contributed by atoms with Gasteiger partial charge in [-0.3, -0.25) is 0 Å². The van der Waals surface area contributed by atoms with Crippen molar-refractivity contribution in [1.29, 1.82) is 0 Å². The van der Waals surface area contributed by atoms with Crippen LogP contribution >= 0.6 is 24.0 Å². The monoisotopic (exact) mass is 479 g/mol. The number of alkyl halides is 3. The first-order valence-corrected chi connectivity index (χ1v) is 7.80. The Kier molecular flexibility index (Phi) is 8.70. The second-order valence-corrected chi connectivity index (χ2v) is 5.39. The summed E-state index contributed by atoms with van der Waals surface area (Å²) in [4.78, 5) is 4.17. The number of nitrogens with two attached hydrogens (primary N) is 1. The van der Waals surface area contributed by atoms with Gasteiger partial charge >= 0.3 is 6.18 Å². The van der Waals surface area contributed by atoms with E-state index in [2.05, 4.69) is 17.2 Å². The molecule has 4 nitrogen and oxygen atoms in total. The highest BCUT2D eigenvalue weighted by atomic mass is 127. The summed E-state index contributed by atoms with van der Waals surface area (Å²) in [5.41, 5.74) is 8.35. The second-order valence-electron chi connectivity index (χ2n) is 5.39. The zero-order chi connectivity index (χ0) is 18.3. The summed E-state index contributed by atoms with van der Waals surface area (Å²) in [6, 6.07) is 14.2. The van der Waals surface area contributed by atoms with Crippen molar-refractivity contribution < 1.29 is 17.9 Å². The van der Waals surface area contributed by atoms with Gasteiger partial charge in [0.15, 0.2) is 12.6 Å². The van der Waals surface area contributed by atoms with E-state index in [-0.39, 0.29) is 42.2 Å². The standard InChI is InChI=1S/C18H20F3N3O.HI/c1-2-13-6-5-8-15(10-13)24-17(22)23-11-14-7-3-4-9-16(14)25-12-18(19,20)21;/h3-10H,2,11-12H2,1H3,(H3,22,23,24);1H. The Morgan fingerprint density at radius 1 is 1.15 bits per heavy atom. The van der Waals surface area contributed by atoms with Gasteiger partial charge < -0.3 is 15.8 Å². The Bertz CT molecular complexity index is 736. The Morgan fingerprint density at radius 2 is 1.88 bits per heavy atom. The molecule has 0 radical (unpaired) electrons. The van der Waals surface area contributed by atoms with Crippen LogP contribution in [0.25, 0.3) is 0 Å². The summed E-state index contributed by atoms with van der Waals surface area (Å²) in [6.45, 7) is 0.819. The van der Waals surface area contributed by atoms with Crippen molar-refractivity contribution in [3.63, 3.8) is 0 Å². The van der Waals surface area contributed by atoms with Crippen molar-refractivity contribution in [1.82, 2.24) is 0 Å². The fourth-order valence-corrected chi connectivity index (χ4v) is 2.16. The Balaban J connectivity index is 0.00000338. The molecule has 142 valence electrons. The van der Waals surface area contributed by atoms with Gasteiger partial charge in [0.05, 0.1) is 6.54 Å². The number of nitrogens with one attached hydrogen (secondary N) is 1. The smallest absolute Gasteiger partial charge is 0.422 e. The van der Waals surface area contributed by atoms with Crippen LogP contribution in [-0.2, 0) is 13.0 Å². The third kappa shape index (κ3) is 7.51. The molecule has 2 aromatic carbocycles. The van der Waals surface area contributed by atoms with Gasteiger partial charge in [-0.2, -0.15) is 13.2 Å². The Hall–Kier alpha value is -1.97. The summed E-state index contributed by atoms with van der Waals surface area (Å²) >= 11 is 0. The number of hydrogen-bond acceptors (Lipinski definition) is 2. The average Bonchev–Trinajstić information content (AvgIpc) is 2.58. The quantitative estimate of drug-likeness (QED) is 0.358. The molecular formula is C18H21F3IN3O. The summed E-state index contributed by atoms with van der Waals surface area (Å²) in [5, 5.41) is 2.97. The fraction of sp³-hybridized carbons (Fsp3) is 0.278. The van der Waals surface area contributed by atoms with E-state index in [9.17, 15) is 13.2 Å². The van der Waals surface area contributed by atoms with Crippen LogP contribution in [0, 0.1) is 0 Å². The van der Waals surface area contributed by atoms with Gasteiger partial charge in [0.2, 0.25) is 0 Å². The topological polar surface area (TPSA) is 59.6 Å². The van der Waals surface area contributed by atoms with Crippen molar-refractivity contribution in [3.8, 4) is 5.75 Å². The highest BCUT2D eigenvalue weighted by Gasteiger charge is 2.28. The minimum atomic E-state index is -4.39. The summed E-state index contributed by atoms with van der Waals surface area (Å²) in [5.74, 6) is 0.322. The SMILES string of the molecule is CCc1cccc(NC(N)=NCc2ccccc2OCC(F)(F)F)c1.I. The number of anilines is 1. The molecule has 0 aliphatic heterocycles. The van der Waals surface area contributed by atoms with E-state index in [0.29, 0.717) is 5.56 Å². The lowest BCUT2D eigenvalue weighted by molar-refractivity contribution is -0.153. The first kappa shape index (κ1) is 22.1. The maximum atomic E-state index is 12.3. The van der Waals surface area contributed by atoms with Crippen molar-refractivity contribution in [3.05, 3.63) is 59.7 Å². The van der Waals surface area contributed by atoms with E-state index in [4.69, 9.17) is 10.5 Å². The number of para-hydroxylation sites is 1. The molecule has 0 aromatic heterocycles. The lowest BCUT2D eigenvalue weighted by Gasteiger charge is -2.12. The van der Waals surface area contributed by atoms with Crippen molar-refractivity contribution in [2.45, 2.75) is 26.1 Å². The highest BCUT2D eigenvalue weighted by Crippen LogP contribution is 2.22. The predicted octanol–water partition coefficient (Wildman–Crippen LogP) is 4.73. The summed E-state index contributed by atoms with van der Waals surface area (Å²) < 4.78 is 41.8. The third-order valence-corrected chi connectivity index (χ3v) is 3.39. The molecule has 0 atom stereocenters. The van der Waals surface area contributed by atoms with Crippen LogP contribution < -0.4 is 15.8 Å². The molecule has 26 heavy (non-hydrogen) atoms. The number of aryl methyl sites for hydroxylation is 1. The van der Waals surface area contributed by atoms with Crippen LogP contribution in [0.1, 0.15) is 18.1 Å². The molecule has 0 bridgehead atoms. The second kappa shape index (κ2) is 10.2. The first-order chi connectivity index (χ1) is 11.9. The molecule has 0 heterocycles. The number of ether oxygens (including phenoxy) is 1. The van der Waals surface area contributed by atoms with Crippen LogP contribution in [0.2, 0.25) is 0 Å². The molecule has 0 saturated carbocycles. The molecule has 0 saturated heterocycles. The van der Waals surface area contributed by atoms with Gasteiger partial charge in [0, 0.05) is 11.3 Å². The normalized spacial score (nSPS) is 11.6. The van der Waals surface area contributed by atoms with E-state index in [1.807, 2.05) is 24.3 Å². The molecule has 0 unspecified atom stereocenters. The molecule has 2 aromatic rings. The van der Waals surface area contributed by atoms with Crippen molar-refractivity contribution >= 4 is 35.6 Å². The zero-order valence-corrected chi connectivity index (χ0v) is 16.5. The van der Waals surface area contributed by atoms with Crippen molar-refractivity contribution in [2.24, 2.45) is 10.7 Å². The first-order valence-electron chi connectivity index (χ1n) is 7.80. The van der Waals surface area contributed by atoms with Gasteiger partial charge in [-0.15, -0.1) is 24.0 Å². The lowest BCUT2D eigenvalue weighted by Crippen LogP contribution is -2.23. The average molecular weight is 479 g/mol. The summed E-state index contributed by atoms with van der Waals surface area (Å²) in [7, 11) is 0. The molecule has 2 rings (SSSR count). The van der Waals surface area contributed by atoms with Gasteiger partial charge in [-0.05, 0) is 30.2 Å². The number of nitrogens with zero attached hydrogens (tertiary/aromatic N) is 1. The summed E-state index contributed by atoms with van der Waals surface area (Å²) in [6.07, 6.45) is -3.49. The highest BCUT2D eigenvalue weighted by molar-refractivity contribution is 14.0. The minimum Gasteiger partial charge on any atom is -0.484 e. The Labute approximate surface area is 167 Å².